The second-order valence-electron chi connectivity index (χ2n) is 4.62. The van der Waals surface area contributed by atoms with Gasteiger partial charge >= 0.3 is 6.18 Å². The van der Waals surface area contributed by atoms with Gasteiger partial charge in [0.05, 0.1) is 6.54 Å². The maximum atomic E-state index is 12.4. The van der Waals surface area contributed by atoms with Crippen LogP contribution in [0.3, 0.4) is 0 Å². The summed E-state index contributed by atoms with van der Waals surface area (Å²) in [6.07, 6.45) is -2.43. The molecule has 0 atom stereocenters. The standard InChI is InChI=1S/C13H15BrF3NO/c14-10-2-1-3-12(8-10)19-7-6-18(11-4-5-11)9-13(15,16)17/h1-3,8,11H,4-7,9H2. The molecule has 0 unspecified atom stereocenters. The van der Waals surface area contributed by atoms with Crippen molar-refractivity contribution in [1.82, 2.24) is 4.90 Å². The van der Waals surface area contributed by atoms with E-state index in [0.717, 1.165) is 17.3 Å². The fourth-order valence-electron chi connectivity index (χ4n) is 1.90. The highest BCUT2D eigenvalue weighted by Crippen LogP contribution is 2.29. The Balaban J connectivity index is 1.79. The van der Waals surface area contributed by atoms with Crippen LogP contribution in [0.5, 0.6) is 5.75 Å². The molecule has 106 valence electrons. The summed E-state index contributed by atoms with van der Waals surface area (Å²) in [5.74, 6) is 0.664. The van der Waals surface area contributed by atoms with E-state index in [1.54, 1.807) is 12.1 Å². The minimum atomic E-state index is -4.14. The zero-order valence-electron chi connectivity index (χ0n) is 10.3. The first-order valence-electron chi connectivity index (χ1n) is 6.13. The van der Waals surface area contributed by atoms with Crippen LogP contribution in [0.25, 0.3) is 0 Å². The second-order valence-corrected chi connectivity index (χ2v) is 5.54. The lowest BCUT2D eigenvalue weighted by molar-refractivity contribution is -0.147. The molecule has 0 heterocycles. The smallest absolute Gasteiger partial charge is 0.401 e. The summed E-state index contributed by atoms with van der Waals surface area (Å²) in [5.41, 5.74) is 0. The number of halogens is 4. The van der Waals surface area contributed by atoms with Gasteiger partial charge in [-0.1, -0.05) is 22.0 Å². The van der Waals surface area contributed by atoms with Gasteiger partial charge in [-0.3, -0.25) is 4.90 Å². The van der Waals surface area contributed by atoms with Crippen LogP contribution >= 0.6 is 15.9 Å². The van der Waals surface area contributed by atoms with Crippen LogP contribution in [0.2, 0.25) is 0 Å². The van der Waals surface area contributed by atoms with E-state index in [2.05, 4.69) is 15.9 Å². The highest BCUT2D eigenvalue weighted by molar-refractivity contribution is 9.10. The lowest BCUT2D eigenvalue weighted by atomic mass is 10.3. The number of ether oxygens (including phenoxy) is 1. The van der Waals surface area contributed by atoms with Gasteiger partial charge in [-0.25, -0.2) is 0 Å². The predicted molar refractivity (Wildman–Crippen MR) is 70.3 cm³/mol. The molecule has 0 N–H and O–H groups in total. The van der Waals surface area contributed by atoms with Crippen molar-refractivity contribution in [2.45, 2.75) is 25.1 Å². The second kappa shape index (κ2) is 6.13. The van der Waals surface area contributed by atoms with Crippen LogP contribution in [0.15, 0.2) is 28.7 Å². The molecule has 2 nitrogen and oxygen atoms in total. The number of hydrogen-bond donors (Lipinski definition) is 0. The van der Waals surface area contributed by atoms with Crippen molar-refractivity contribution >= 4 is 15.9 Å². The monoisotopic (exact) mass is 337 g/mol. The molecule has 1 saturated carbocycles. The van der Waals surface area contributed by atoms with E-state index in [9.17, 15) is 13.2 Å². The van der Waals surface area contributed by atoms with E-state index in [4.69, 9.17) is 4.74 Å². The Bertz CT molecular complexity index is 421. The van der Waals surface area contributed by atoms with Crippen LogP contribution < -0.4 is 4.74 Å². The van der Waals surface area contributed by atoms with Crippen molar-refractivity contribution in [3.63, 3.8) is 0 Å². The molecule has 1 aromatic carbocycles. The fraction of sp³-hybridized carbons (Fsp3) is 0.538. The van der Waals surface area contributed by atoms with E-state index >= 15 is 0 Å². The number of nitrogens with zero attached hydrogens (tertiary/aromatic N) is 1. The molecule has 0 radical (unpaired) electrons. The van der Waals surface area contributed by atoms with Gasteiger partial charge < -0.3 is 4.74 Å². The van der Waals surface area contributed by atoms with Crippen LogP contribution in [-0.4, -0.2) is 36.8 Å². The number of rotatable bonds is 6. The minimum absolute atomic E-state index is 0.0766. The Hall–Kier alpha value is -0.750. The summed E-state index contributed by atoms with van der Waals surface area (Å²) in [6, 6.07) is 7.36. The third-order valence-corrected chi connectivity index (χ3v) is 3.38. The molecular formula is C13H15BrF3NO. The highest BCUT2D eigenvalue weighted by Gasteiger charge is 2.37. The van der Waals surface area contributed by atoms with E-state index in [1.165, 1.54) is 4.90 Å². The first-order chi connectivity index (χ1) is 8.94. The van der Waals surface area contributed by atoms with Crippen molar-refractivity contribution in [2.24, 2.45) is 0 Å². The quantitative estimate of drug-likeness (QED) is 0.781. The maximum Gasteiger partial charge on any atom is 0.401 e. The predicted octanol–water partition coefficient (Wildman–Crippen LogP) is 3.85. The van der Waals surface area contributed by atoms with E-state index < -0.39 is 12.7 Å². The number of alkyl halides is 3. The van der Waals surface area contributed by atoms with E-state index in [1.807, 2.05) is 12.1 Å². The molecule has 6 heteroatoms. The van der Waals surface area contributed by atoms with Gasteiger partial charge in [0.2, 0.25) is 0 Å². The molecule has 0 saturated heterocycles. The number of hydrogen-bond acceptors (Lipinski definition) is 2. The molecule has 1 fully saturated rings. The molecule has 1 aromatic rings. The zero-order valence-corrected chi connectivity index (χ0v) is 11.9. The highest BCUT2D eigenvalue weighted by atomic mass is 79.9. The van der Waals surface area contributed by atoms with Gasteiger partial charge in [0.25, 0.3) is 0 Å². The third-order valence-electron chi connectivity index (χ3n) is 2.89. The Labute approximate surface area is 118 Å². The van der Waals surface area contributed by atoms with E-state index in [-0.39, 0.29) is 12.6 Å². The molecule has 0 amide bonds. The summed E-state index contributed by atoms with van der Waals surface area (Å²) < 4.78 is 43.6. The van der Waals surface area contributed by atoms with Gasteiger partial charge in [-0.15, -0.1) is 0 Å². The SMILES string of the molecule is FC(F)(F)CN(CCOc1cccc(Br)c1)C1CC1. The summed E-state index contributed by atoms with van der Waals surface area (Å²) in [6.45, 7) is -0.279. The first kappa shape index (κ1) is 14.7. The molecule has 0 bridgehead atoms. The summed E-state index contributed by atoms with van der Waals surface area (Å²) >= 11 is 3.32. The van der Waals surface area contributed by atoms with Crippen LogP contribution in [-0.2, 0) is 0 Å². The average Bonchev–Trinajstić information content (AvgIpc) is 3.10. The Morgan fingerprint density at radius 1 is 1.32 bits per heavy atom. The van der Waals surface area contributed by atoms with E-state index in [0.29, 0.717) is 12.3 Å². The fourth-order valence-corrected chi connectivity index (χ4v) is 2.28. The van der Waals surface area contributed by atoms with Crippen molar-refractivity contribution in [2.75, 3.05) is 19.7 Å². The normalized spacial score (nSPS) is 15.8. The van der Waals surface area contributed by atoms with Crippen LogP contribution in [0.4, 0.5) is 13.2 Å². The van der Waals surface area contributed by atoms with Gasteiger partial charge in [0.1, 0.15) is 12.4 Å². The van der Waals surface area contributed by atoms with Crippen molar-refractivity contribution < 1.29 is 17.9 Å². The Morgan fingerprint density at radius 3 is 2.63 bits per heavy atom. The molecule has 0 spiro atoms. The minimum Gasteiger partial charge on any atom is -0.492 e. The van der Waals surface area contributed by atoms with Crippen molar-refractivity contribution in [1.29, 1.82) is 0 Å². The topological polar surface area (TPSA) is 12.5 Å². The maximum absolute atomic E-state index is 12.4. The van der Waals surface area contributed by atoms with Crippen molar-refractivity contribution in [3.05, 3.63) is 28.7 Å². The lowest BCUT2D eigenvalue weighted by Crippen LogP contribution is -2.38. The van der Waals surface area contributed by atoms with Gasteiger partial charge in [0, 0.05) is 17.1 Å². The lowest BCUT2D eigenvalue weighted by Gasteiger charge is -2.23. The Kier molecular flexibility index (Phi) is 4.73. The Morgan fingerprint density at radius 2 is 2.05 bits per heavy atom. The molecule has 1 aliphatic rings. The molecule has 19 heavy (non-hydrogen) atoms. The molecule has 2 rings (SSSR count). The average molecular weight is 338 g/mol. The molecule has 0 aromatic heterocycles. The molecule has 1 aliphatic carbocycles. The van der Waals surface area contributed by atoms with Crippen LogP contribution in [0, 0.1) is 0 Å². The third kappa shape index (κ3) is 5.40. The van der Waals surface area contributed by atoms with Gasteiger partial charge in [-0.05, 0) is 31.0 Å². The zero-order chi connectivity index (χ0) is 13.9. The summed E-state index contributed by atoms with van der Waals surface area (Å²) in [4.78, 5) is 1.46. The summed E-state index contributed by atoms with van der Waals surface area (Å²) in [7, 11) is 0. The largest absolute Gasteiger partial charge is 0.492 e. The van der Waals surface area contributed by atoms with Crippen LogP contribution in [0.1, 0.15) is 12.8 Å². The van der Waals surface area contributed by atoms with Gasteiger partial charge in [-0.2, -0.15) is 13.2 Å². The molecular weight excluding hydrogens is 323 g/mol. The summed E-state index contributed by atoms with van der Waals surface area (Å²) in [5, 5.41) is 0. The van der Waals surface area contributed by atoms with Crippen molar-refractivity contribution in [3.8, 4) is 5.75 Å². The number of benzene rings is 1. The van der Waals surface area contributed by atoms with Gasteiger partial charge in [0.15, 0.2) is 0 Å². The first-order valence-corrected chi connectivity index (χ1v) is 6.92. The molecule has 0 aliphatic heterocycles.